The largest absolute Gasteiger partial charge is 0.481 e. The summed E-state index contributed by atoms with van der Waals surface area (Å²) < 4.78 is 8.88. The van der Waals surface area contributed by atoms with E-state index in [1.807, 2.05) is 0 Å². The molecule has 8 heteroatoms. The van der Waals surface area contributed by atoms with Gasteiger partial charge in [0.05, 0.1) is 0 Å². The number of phosphoric acid groups is 1. The molecule has 72 valence electrons. The lowest BCUT2D eigenvalue weighted by molar-refractivity contribution is -0.139. The summed E-state index contributed by atoms with van der Waals surface area (Å²) in [5.74, 6) is -1.37. The standard InChI is InChI=1S/C4H6O3.H3O4P/c1-3(5)2-4(6)7;1-5(2,3)4/h2H2,1H3,(H,6,7);(H3,1,2,3,4). The lowest BCUT2D eigenvalue weighted by Crippen LogP contribution is -2.00. The van der Waals surface area contributed by atoms with Crippen molar-refractivity contribution in [2.75, 3.05) is 0 Å². The predicted molar refractivity (Wildman–Crippen MR) is 37.2 cm³/mol. The molecule has 12 heavy (non-hydrogen) atoms. The fourth-order valence-electron chi connectivity index (χ4n) is 0.213. The van der Waals surface area contributed by atoms with Crippen molar-refractivity contribution in [1.82, 2.24) is 0 Å². The first-order chi connectivity index (χ1) is 5.13. The van der Waals surface area contributed by atoms with Crippen LogP contribution in [0.15, 0.2) is 0 Å². The number of carbonyl (C=O) groups excluding carboxylic acids is 1. The highest BCUT2D eigenvalue weighted by Gasteiger charge is 2.00. The summed E-state index contributed by atoms with van der Waals surface area (Å²) in [6.45, 7) is 1.24. The summed E-state index contributed by atoms with van der Waals surface area (Å²) in [6.07, 6.45) is -0.361. The zero-order valence-electron chi connectivity index (χ0n) is 6.17. The molecule has 0 amide bonds. The Morgan fingerprint density at radius 1 is 1.25 bits per heavy atom. The summed E-state index contributed by atoms with van der Waals surface area (Å²) >= 11 is 0. The average Bonchev–Trinajstić information content (AvgIpc) is 1.52. The summed E-state index contributed by atoms with van der Waals surface area (Å²) in [4.78, 5) is 41.0. The number of hydrogen-bond donors (Lipinski definition) is 4. The van der Waals surface area contributed by atoms with Crippen LogP contribution in [0.4, 0.5) is 0 Å². The van der Waals surface area contributed by atoms with Gasteiger partial charge in [-0.05, 0) is 6.92 Å². The SMILES string of the molecule is CC(=O)CC(=O)O.O=P(O)(O)O. The van der Waals surface area contributed by atoms with Gasteiger partial charge in [-0.1, -0.05) is 0 Å². The van der Waals surface area contributed by atoms with Crippen LogP contribution in [0.25, 0.3) is 0 Å². The first-order valence-corrected chi connectivity index (χ1v) is 4.19. The third kappa shape index (κ3) is 59.6. The smallest absolute Gasteiger partial charge is 0.466 e. The maximum Gasteiger partial charge on any atom is 0.466 e. The van der Waals surface area contributed by atoms with Gasteiger partial charge in [0, 0.05) is 0 Å². The van der Waals surface area contributed by atoms with Crippen LogP contribution in [-0.2, 0) is 14.2 Å². The van der Waals surface area contributed by atoms with Crippen LogP contribution in [-0.4, -0.2) is 31.5 Å². The summed E-state index contributed by atoms with van der Waals surface area (Å²) in [5, 5.41) is 7.86. The van der Waals surface area contributed by atoms with Crippen LogP contribution in [0.2, 0.25) is 0 Å². The number of carbonyl (C=O) groups is 2. The number of carboxylic acids is 1. The zero-order chi connectivity index (χ0) is 10.4. The maximum atomic E-state index is 9.87. The number of aliphatic carboxylic acids is 1. The summed E-state index contributed by atoms with van der Waals surface area (Å²) in [5.41, 5.74) is 0. The second-order valence-corrected chi connectivity index (χ2v) is 2.81. The highest BCUT2D eigenvalue weighted by molar-refractivity contribution is 7.45. The summed E-state index contributed by atoms with van der Waals surface area (Å²) in [7, 11) is -4.64. The molecule has 0 unspecified atom stereocenters. The van der Waals surface area contributed by atoms with Crippen molar-refractivity contribution in [3.63, 3.8) is 0 Å². The Hall–Kier alpha value is -0.750. The van der Waals surface area contributed by atoms with Crippen molar-refractivity contribution in [3.05, 3.63) is 0 Å². The molecule has 0 atom stereocenters. The average molecular weight is 200 g/mol. The van der Waals surface area contributed by atoms with E-state index in [0.29, 0.717) is 0 Å². The molecule has 0 saturated carbocycles. The fourth-order valence-corrected chi connectivity index (χ4v) is 0.213. The Balaban J connectivity index is 0. The van der Waals surface area contributed by atoms with E-state index < -0.39 is 13.8 Å². The number of carboxylic acid groups (broad SMARTS) is 1. The number of Topliss-reactive ketones (excluding diaryl/α,β-unsaturated/α-hetero) is 1. The number of ketones is 1. The van der Waals surface area contributed by atoms with Crippen molar-refractivity contribution in [2.24, 2.45) is 0 Å². The molecular formula is C4H9O7P. The quantitative estimate of drug-likeness (QED) is 0.336. The molecule has 0 aliphatic heterocycles. The molecule has 0 aromatic carbocycles. The van der Waals surface area contributed by atoms with Gasteiger partial charge in [-0.15, -0.1) is 0 Å². The van der Waals surface area contributed by atoms with Crippen molar-refractivity contribution in [1.29, 1.82) is 0 Å². The molecule has 0 rings (SSSR count). The lowest BCUT2D eigenvalue weighted by Gasteiger charge is -1.82. The van der Waals surface area contributed by atoms with Gasteiger partial charge in [-0.25, -0.2) is 4.57 Å². The minimum Gasteiger partial charge on any atom is -0.481 e. The van der Waals surface area contributed by atoms with Crippen LogP contribution < -0.4 is 0 Å². The molecule has 0 heterocycles. The Morgan fingerprint density at radius 2 is 1.50 bits per heavy atom. The van der Waals surface area contributed by atoms with Gasteiger partial charge in [-0.2, -0.15) is 0 Å². The molecule has 0 bridgehead atoms. The lowest BCUT2D eigenvalue weighted by atomic mass is 10.3. The van der Waals surface area contributed by atoms with E-state index in [1.54, 1.807) is 0 Å². The second kappa shape index (κ2) is 5.84. The number of rotatable bonds is 2. The zero-order valence-corrected chi connectivity index (χ0v) is 7.06. The topological polar surface area (TPSA) is 132 Å². The molecule has 0 aromatic heterocycles. The molecule has 0 aromatic rings. The molecule has 0 fully saturated rings. The molecule has 0 saturated heterocycles. The van der Waals surface area contributed by atoms with Gasteiger partial charge in [0.2, 0.25) is 0 Å². The highest BCUT2D eigenvalue weighted by Crippen LogP contribution is 2.25. The van der Waals surface area contributed by atoms with Crippen LogP contribution in [0.3, 0.4) is 0 Å². The first-order valence-electron chi connectivity index (χ1n) is 2.62. The van der Waals surface area contributed by atoms with E-state index in [4.69, 9.17) is 24.4 Å². The minimum atomic E-state index is -4.64. The third-order valence-corrected chi connectivity index (χ3v) is 0.400. The van der Waals surface area contributed by atoms with Gasteiger partial charge in [-0.3, -0.25) is 9.59 Å². The minimum absolute atomic E-state index is 0.312. The van der Waals surface area contributed by atoms with Crippen LogP contribution in [0.5, 0.6) is 0 Å². The molecule has 4 N–H and O–H groups in total. The van der Waals surface area contributed by atoms with E-state index in [1.165, 1.54) is 6.92 Å². The Labute approximate surface area is 67.9 Å². The summed E-state index contributed by atoms with van der Waals surface area (Å²) in [6, 6.07) is 0. The molecule has 0 aliphatic carbocycles. The number of hydrogen-bond acceptors (Lipinski definition) is 3. The van der Waals surface area contributed by atoms with E-state index in [9.17, 15) is 9.59 Å². The molecule has 7 nitrogen and oxygen atoms in total. The molecule has 0 radical (unpaired) electrons. The van der Waals surface area contributed by atoms with E-state index >= 15 is 0 Å². The van der Waals surface area contributed by atoms with E-state index in [2.05, 4.69) is 0 Å². The van der Waals surface area contributed by atoms with Crippen LogP contribution in [0, 0.1) is 0 Å². The van der Waals surface area contributed by atoms with Crippen molar-refractivity contribution < 1.29 is 33.9 Å². The van der Waals surface area contributed by atoms with E-state index in [-0.39, 0.29) is 12.2 Å². The monoisotopic (exact) mass is 200 g/mol. The van der Waals surface area contributed by atoms with E-state index in [0.717, 1.165) is 0 Å². The predicted octanol–water partition coefficient (Wildman–Crippen LogP) is -0.879. The highest BCUT2D eigenvalue weighted by atomic mass is 31.2. The Kier molecular flexibility index (Phi) is 6.73. The maximum absolute atomic E-state index is 9.87. The van der Waals surface area contributed by atoms with Crippen molar-refractivity contribution in [3.8, 4) is 0 Å². The van der Waals surface area contributed by atoms with Gasteiger partial charge in [0.1, 0.15) is 12.2 Å². The Bertz CT molecular complexity index is 183. The van der Waals surface area contributed by atoms with Crippen LogP contribution >= 0.6 is 7.82 Å². The van der Waals surface area contributed by atoms with Gasteiger partial charge >= 0.3 is 13.8 Å². The third-order valence-electron chi connectivity index (χ3n) is 0.400. The van der Waals surface area contributed by atoms with Gasteiger partial charge < -0.3 is 19.8 Å². The van der Waals surface area contributed by atoms with Crippen molar-refractivity contribution >= 4 is 19.6 Å². The molecular weight excluding hydrogens is 191 g/mol. The first kappa shape index (κ1) is 13.8. The molecule has 0 spiro atoms. The van der Waals surface area contributed by atoms with Gasteiger partial charge in [0.25, 0.3) is 0 Å². The van der Waals surface area contributed by atoms with Gasteiger partial charge in [0.15, 0.2) is 0 Å². The fraction of sp³-hybridized carbons (Fsp3) is 0.500. The second-order valence-electron chi connectivity index (χ2n) is 1.79. The Morgan fingerprint density at radius 3 is 1.50 bits per heavy atom. The van der Waals surface area contributed by atoms with Crippen LogP contribution in [0.1, 0.15) is 13.3 Å². The normalized spacial score (nSPS) is 9.67. The van der Waals surface area contributed by atoms with Crippen molar-refractivity contribution in [2.45, 2.75) is 13.3 Å². The molecule has 0 aliphatic rings.